The van der Waals surface area contributed by atoms with E-state index >= 15 is 0 Å². The van der Waals surface area contributed by atoms with E-state index in [1.165, 1.54) is 6.07 Å². The molecule has 0 aromatic carbocycles. The molecule has 0 fully saturated rings. The summed E-state index contributed by atoms with van der Waals surface area (Å²) in [7, 11) is 0. The number of hydrogen-bond donors (Lipinski definition) is 1. The van der Waals surface area contributed by atoms with Crippen molar-refractivity contribution < 1.29 is 9.52 Å². The second-order valence-corrected chi connectivity index (χ2v) is 2.08. The highest BCUT2D eigenvalue weighted by Gasteiger charge is 1.94. The smallest absolute Gasteiger partial charge is 0.336 e. The minimum atomic E-state index is -0.413. The van der Waals surface area contributed by atoms with Crippen LogP contribution in [0.5, 0.6) is 0 Å². The molecule has 3 heteroatoms. The van der Waals surface area contributed by atoms with Crippen LogP contribution >= 0.6 is 0 Å². The molecule has 0 atom stereocenters. The van der Waals surface area contributed by atoms with Crippen molar-refractivity contribution in [3.63, 3.8) is 0 Å². The number of aliphatic hydroxyl groups is 1. The summed E-state index contributed by atoms with van der Waals surface area (Å²) in [6, 6.07) is 3.00. The van der Waals surface area contributed by atoms with Crippen LogP contribution in [-0.4, -0.2) is 5.11 Å². The van der Waals surface area contributed by atoms with Crippen LogP contribution < -0.4 is 5.63 Å². The maximum Gasteiger partial charge on any atom is 0.336 e. The van der Waals surface area contributed by atoms with Gasteiger partial charge in [-0.15, -0.1) is 0 Å². The van der Waals surface area contributed by atoms with E-state index in [0.717, 1.165) is 5.56 Å². The Balaban J connectivity index is 3.19. The molecule has 0 bridgehead atoms. The highest BCUT2D eigenvalue weighted by atomic mass is 16.4. The van der Waals surface area contributed by atoms with Gasteiger partial charge in [0.15, 0.2) is 0 Å². The normalized spacial score (nSPS) is 9.80. The molecular formula is C7H8O3. The molecule has 1 aromatic rings. The van der Waals surface area contributed by atoms with Gasteiger partial charge in [-0.1, -0.05) is 0 Å². The minimum absolute atomic E-state index is 0.225. The second-order valence-electron chi connectivity index (χ2n) is 2.08. The van der Waals surface area contributed by atoms with Gasteiger partial charge < -0.3 is 9.52 Å². The monoisotopic (exact) mass is 140 g/mol. The van der Waals surface area contributed by atoms with Gasteiger partial charge in [-0.05, 0) is 18.6 Å². The summed E-state index contributed by atoms with van der Waals surface area (Å²) in [6.07, 6.45) is 0. The summed E-state index contributed by atoms with van der Waals surface area (Å²) < 4.78 is 4.60. The molecular weight excluding hydrogens is 132 g/mol. The van der Waals surface area contributed by atoms with Crippen molar-refractivity contribution in [2.24, 2.45) is 0 Å². The van der Waals surface area contributed by atoms with Gasteiger partial charge in [-0.2, -0.15) is 0 Å². The fourth-order valence-corrected chi connectivity index (χ4v) is 0.748. The molecule has 1 heterocycles. The first kappa shape index (κ1) is 7.02. The summed E-state index contributed by atoms with van der Waals surface area (Å²) >= 11 is 0. The van der Waals surface area contributed by atoms with E-state index in [4.69, 9.17) is 5.11 Å². The molecule has 0 aliphatic carbocycles. The third kappa shape index (κ3) is 1.45. The van der Waals surface area contributed by atoms with Crippen LogP contribution in [-0.2, 0) is 6.61 Å². The first-order valence-electron chi connectivity index (χ1n) is 2.94. The molecule has 1 rings (SSSR count). The number of aliphatic hydroxyl groups excluding tert-OH is 1. The SMILES string of the molecule is Cc1cc(CO)oc(=O)c1. The van der Waals surface area contributed by atoms with Crippen LogP contribution in [0.4, 0.5) is 0 Å². The van der Waals surface area contributed by atoms with Crippen molar-refractivity contribution >= 4 is 0 Å². The van der Waals surface area contributed by atoms with E-state index in [0.29, 0.717) is 5.76 Å². The van der Waals surface area contributed by atoms with Crippen LogP contribution in [0.2, 0.25) is 0 Å². The molecule has 1 N–H and O–H groups in total. The average Bonchev–Trinajstić information content (AvgIpc) is 1.85. The maximum absolute atomic E-state index is 10.6. The van der Waals surface area contributed by atoms with Gasteiger partial charge in [-0.3, -0.25) is 0 Å². The summed E-state index contributed by atoms with van der Waals surface area (Å²) in [5, 5.41) is 8.55. The highest BCUT2D eigenvalue weighted by Crippen LogP contribution is 1.98. The van der Waals surface area contributed by atoms with Gasteiger partial charge in [0.05, 0.1) is 0 Å². The van der Waals surface area contributed by atoms with Gasteiger partial charge in [-0.25, -0.2) is 4.79 Å². The van der Waals surface area contributed by atoms with Crippen molar-refractivity contribution in [2.75, 3.05) is 0 Å². The molecule has 0 saturated carbocycles. The lowest BCUT2D eigenvalue weighted by molar-refractivity contribution is 0.239. The van der Waals surface area contributed by atoms with E-state index in [1.807, 2.05) is 0 Å². The molecule has 0 amide bonds. The average molecular weight is 140 g/mol. The topological polar surface area (TPSA) is 50.4 Å². The number of hydrogen-bond acceptors (Lipinski definition) is 3. The van der Waals surface area contributed by atoms with Crippen LogP contribution in [0.3, 0.4) is 0 Å². The molecule has 54 valence electrons. The number of aryl methyl sites for hydroxylation is 1. The first-order valence-corrected chi connectivity index (χ1v) is 2.94. The molecule has 3 nitrogen and oxygen atoms in total. The van der Waals surface area contributed by atoms with Crippen LogP contribution in [0.15, 0.2) is 21.3 Å². The van der Waals surface area contributed by atoms with Crippen LogP contribution in [0, 0.1) is 6.92 Å². The van der Waals surface area contributed by atoms with E-state index in [-0.39, 0.29) is 6.61 Å². The Bertz CT molecular complexity index is 274. The summed E-state index contributed by atoms with van der Waals surface area (Å²) in [6.45, 7) is 1.55. The second kappa shape index (κ2) is 2.66. The lowest BCUT2D eigenvalue weighted by atomic mass is 10.3. The van der Waals surface area contributed by atoms with Crippen molar-refractivity contribution in [3.05, 3.63) is 33.9 Å². The zero-order valence-corrected chi connectivity index (χ0v) is 5.63. The van der Waals surface area contributed by atoms with Gasteiger partial charge in [0.25, 0.3) is 0 Å². The highest BCUT2D eigenvalue weighted by molar-refractivity contribution is 5.10. The Kier molecular flexibility index (Phi) is 1.87. The summed E-state index contributed by atoms with van der Waals surface area (Å²) in [5.74, 6) is 0.310. The van der Waals surface area contributed by atoms with E-state index in [1.54, 1.807) is 13.0 Å². The zero-order valence-electron chi connectivity index (χ0n) is 5.63. The molecule has 0 spiro atoms. The van der Waals surface area contributed by atoms with Gasteiger partial charge in [0.2, 0.25) is 0 Å². The Labute approximate surface area is 57.9 Å². The maximum atomic E-state index is 10.6. The Morgan fingerprint density at radius 2 is 2.30 bits per heavy atom. The summed E-state index contributed by atoms with van der Waals surface area (Å²) in [4.78, 5) is 10.6. The Hall–Kier alpha value is -1.09. The quantitative estimate of drug-likeness (QED) is 0.615. The van der Waals surface area contributed by atoms with Gasteiger partial charge >= 0.3 is 5.63 Å². The predicted octanol–water partition coefficient (Wildman–Crippen LogP) is 0.441. The third-order valence-corrected chi connectivity index (χ3v) is 1.12. The van der Waals surface area contributed by atoms with Crippen LogP contribution in [0.1, 0.15) is 11.3 Å². The predicted molar refractivity (Wildman–Crippen MR) is 35.6 cm³/mol. The first-order chi connectivity index (χ1) is 4.72. The molecule has 0 aliphatic rings. The Morgan fingerprint density at radius 1 is 1.60 bits per heavy atom. The molecule has 0 aliphatic heterocycles. The van der Waals surface area contributed by atoms with Crippen molar-refractivity contribution in [1.82, 2.24) is 0 Å². The van der Waals surface area contributed by atoms with Crippen molar-refractivity contribution in [2.45, 2.75) is 13.5 Å². The fourth-order valence-electron chi connectivity index (χ4n) is 0.748. The lowest BCUT2D eigenvalue weighted by Crippen LogP contribution is -2.00. The molecule has 10 heavy (non-hydrogen) atoms. The summed E-state index contributed by atoms with van der Waals surface area (Å²) in [5.41, 5.74) is 0.393. The molecule has 0 unspecified atom stereocenters. The van der Waals surface area contributed by atoms with E-state index < -0.39 is 5.63 Å². The minimum Gasteiger partial charge on any atom is -0.425 e. The number of rotatable bonds is 1. The molecule has 0 saturated heterocycles. The van der Waals surface area contributed by atoms with E-state index in [9.17, 15) is 4.79 Å². The lowest BCUT2D eigenvalue weighted by Gasteiger charge is -1.93. The zero-order chi connectivity index (χ0) is 7.56. The van der Waals surface area contributed by atoms with Gasteiger partial charge in [0.1, 0.15) is 12.4 Å². The van der Waals surface area contributed by atoms with E-state index in [2.05, 4.69) is 4.42 Å². The van der Waals surface area contributed by atoms with Gasteiger partial charge in [0, 0.05) is 6.07 Å². The van der Waals surface area contributed by atoms with Crippen LogP contribution in [0.25, 0.3) is 0 Å². The molecule has 1 aromatic heterocycles. The standard InChI is InChI=1S/C7H8O3/c1-5-2-6(4-8)10-7(9)3-5/h2-3,8H,4H2,1H3. The Morgan fingerprint density at radius 3 is 2.80 bits per heavy atom. The third-order valence-electron chi connectivity index (χ3n) is 1.12. The fraction of sp³-hybridized carbons (Fsp3) is 0.286. The molecule has 0 radical (unpaired) electrons. The van der Waals surface area contributed by atoms with Crippen molar-refractivity contribution in [3.8, 4) is 0 Å². The van der Waals surface area contributed by atoms with Crippen molar-refractivity contribution in [1.29, 1.82) is 0 Å². The largest absolute Gasteiger partial charge is 0.425 e.